The molecule has 0 radical (unpaired) electrons. The van der Waals surface area contributed by atoms with E-state index >= 15 is 0 Å². The van der Waals surface area contributed by atoms with E-state index < -0.39 is 0 Å². The third-order valence-electron chi connectivity index (χ3n) is 3.25. The highest BCUT2D eigenvalue weighted by Crippen LogP contribution is 2.24. The third-order valence-corrected chi connectivity index (χ3v) is 3.25. The van der Waals surface area contributed by atoms with E-state index in [-0.39, 0.29) is 11.9 Å². The fourth-order valence-corrected chi connectivity index (χ4v) is 2.17. The zero-order valence-corrected chi connectivity index (χ0v) is 10.6. The fourth-order valence-electron chi connectivity index (χ4n) is 2.17. The molecular formula is C14H20N2O. The highest BCUT2D eigenvalue weighted by molar-refractivity contribution is 5.98. The predicted molar refractivity (Wildman–Crippen MR) is 70.0 cm³/mol. The maximum atomic E-state index is 12.3. The number of para-hydroxylation sites is 1. The van der Waals surface area contributed by atoms with Crippen molar-refractivity contribution in [2.75, 3.05) is 11.4 Å². The van der Waals surface area contributed by atoms with Crippen LogP contribution in [0.15, 0.2) is 24.3 Å². The van der Waals surface area contributed by atoms with E-state index in [4.69, 9.17) is 0 Å². The van der Waals surface area contributed by atoms with Crippen molar-refractivity contribution in [3.05, 3.63) is 29.8 Å². The molecule has 3 heteroatoms. The van der Waals surface area contributed by atoms with Crippen LogP contribution >= 0.6 is 0 Å². The second-order valence-corrected chi connectivity index (χ2v) is 4.57. The summed E-state index contributed by atoms with van der Waals surface area (Å²) in [6.07, 6.45) is 2.15. The Morgan fingerprint density at radius 3 is 2.94 bits per heavy atom. The topological polar surface area (TPSA) is 32.3 Å². The van der Waals surface area contributed by atoms with Gasteiger partial charge in [-0.25, -0.2) is 0 Å². The van der Waals surface area contributed by atoms with Crippen molar-refractivity contribution in [1.29, 1.82) is 0 Å². The lowest BCUT2D eigenvalue weighted by Gasteiger charge is -2.24. The van der Waals surface area contributed by atoms with Gasteiger partial charge >= 0.3 is 0 Å². The normalized spacial score (nSPS) is 20.0. The Balaban J connectivity index is 2.33. The van der Waals surface area contributed by atoms with Crippen LogP contribution in [0, 0.1) is 0 Å². The molecular weight excluding hydrogens is 212 g/mol. The van der Waals surface area contributed by atoms with E-state index in [1.54, 1.807) is 0 Å². The van der Waals surface area contributed by atoms with Crippen LogP contribution < -0.4 is 10.2 Å². The van der Waals surface area contributed by atoms with Crippen molar-refractivity contribution in [1.82, 2.24) is 5.32 Å². The Labute approximate surface area is 103 Å². The minimum atomic E-state index is -0.0979. The zero-order valence-electron chi connectivity index (χ0n) is 10.6. The SMILES string of the molecule is CCCCN1C(=O)C(C)NCc2ccccc21. The summed E-state index contributed by atoms with van der Waals surface area (Å²) in [5.41, 5.74) is 2.28. The number of benzene rings is 1. The summed E-state index contributed by atoms with van der Waals surface area (Å²) in [6, 6.07) is 8.06. The third kappa shape index (κ3) is 2.50. The second kappa shape index (κ2) is 5.32. The summed E-state index contributed by atoms with van der Waals surface area (Å²) in [5.74, 6) is 0.184. The van der Waals surface area contributed by atoms with Crippen molar-refractivity contribution >= 4 is 11.6 Å². The van der Waals surface area contributed by atoms with Crippen molar-refractivity contribution in [2.24, 2.45) is 0 Å². The maximum absolute atomic E-state index is 12.3. The highest BCUT2D eigenvalue weighted by Gasteiger charge is 2.26. The van der Waals surface area contributed by atoms with Gasteiger partial charge < -0.3 is 10.2 Å². The van der Waals surface area contributed by atoms with Gasteiger partial charge in [0.1, 0.15) is 0 Å². The number of nitrogens with zero attached hydrogens (tertiary/aromatic N) is 1. The van der Waals surface area contributed by atoms with Crippen molar-refractivity contribution in [3.8, 4) is 0 Å². The van der Waals surface area contributed by atoms with Crippen LogP contribution in [0.3, 0.4) is 0 Å². The first-order chi connectivity index (χ1) is 8.24. The lowest BCUT2D eigenvalue weighted by molar-refractivity contribution is -0.120. The van der Waals surface area contributed by atoms with Gasteiger partial charge in [-0.15, -0.1) is 0 Å². The lowest BCUT2D eigenvalue weighted by Crippen LogP contribution is -2.42. The average molecular weight is 232 g/mol. The quantitative estimate of drug-likeness (QED) is 0.867. The number of nitrogens with one attached hydrogen (secondary N) is 1. The van der Waals surface area contributed by atoms with Gasteiger partial charge in [0, 0.05) is 18.8 Å². The molecule has 1 heterocycles. The van der Waals surface area contributed by atoms with Crippen LogP contribution in [0.5, 0.6) is 0 Å². The molecule has 0 saturated carbocycles. The second-order valence-electron chi connectivity index (χ2n) is 4.57. The molecule has 0 saturated heterocycles. The van der Waals surface area contributed by atoms with Gasteiger partial charge in [-0.05, 0) is 25.0 Å². The van der Waals surface area contributed by atoms with Crippen molar-refractivity contribution in [3.63, 3.8) is 0 Å². The summed E-state index contributed by atoms with van der Waals surface area (Å²) in [6.45, 7) is 5.67. The van der Waals surface area contributed by atoms with E-state index in [1.807, 2.05) is 30.0 Å². The zero-order chi connectivity index (χ0) is 12.3. The summed E-state index contributed by atoms with van der Waals surface area (Å²) < 4.78 is 0. The molecule has 0 spiro atoms. The fraction of sp³-hybridized carbons (Fsp3) is 0.500. The van der Waals surface area contributed by atoms with Crippen LogP contribution in [0.1, 0.15) is 32.3 Å². The number of anilines is 1. The van der Waals surface area contributed by atoms with Gasteiger partial charge in [0.05, 0.1) is 6.04 Å². The summed E-state index contributed by atoms with van der Waals surface area (Å²) >= 11 is 0. The number of rotatable bonds is 3. The number of unbranched alkanes of at least 4 members (excludes halogenated alkanes) is 1. The minimum absolute atomic E-state index is 0.0979. The lowest BCUT2D eigenvalue weighted by atomic mass is 10.1. The number of hydrogen-bond acceptors (Lipinski definition) is 2. The molecule has 1 amide bonds. The van der Waals surface area contributed by atoms with E-state index in [0.717, 1.165) is 31.6 Å². The average Bonchev–Trinajstić information content (AvgIpc) is 2.47. The van der Waals surface area contributed by atoms with Crippen LogP contribution in [-0.2, 0) is 11.3 Å². The summed E-state index contributed by atoms with van der Waals surface area (Å²) in [5, 5.41) is 3.27. The molecule has 1 aromatic rings. The first-order valence-corrected chi connectivity index (χ1v) is 6.36. The van der Waals surface area contributed by atoms with Gasteiger partial charge in [0.2, 0.25) is 5.91 Å². The van der Waals surface area contributed by atoms with Crippen LogP contribution in [-0.4, -0.2) is 18.5 Å². The number of fused-ring (bicyclic) bond motifs is 1. The van der Waals surface area contributed by atoms with Crippen LogP contribution in [0.2, 0.25) is 0 Å². The molecule has 92 valence electrons. The molecule has 1 atom stereocenters. The Kier molecular flexibility index (Phi) is 3.79. The predicted octanol–water partition coefficient (Wildman–Crippen LogP) is 2.31. The molecule has 1 aromatic carbocycles. The number of amides is 1. The Hall–Kier alpha value is -1.35. The van der Waals surface area contributed by atoms with Crippen LogP contribution in [0.4, 0.5) is 5.69 Å². The van der Waals surface area contributed by atoms with Crippen LogP contribution in [0.25, 0.3) is 0 Å². The van der Waals surface area contributed by atoms with Gasteiger partial charge in [0.15, 0.2) is 0 Å². The standard InChI is InChI=1S/C14H20N2O/c1-3-4-9-16-13-8-6-5-7-12(13)10-15-11(2)14(16)17/h5-8,11,15H,3-4,9-10H2,1-2H3. The molecule has 0 aromatic heterocycles. The van der Waals surface area contributed by atoms with Gasteiger partial charge in [-0.1, -0.05) is 31.5 Å². The van der Waals surface area contributed by atoms with Gasteiger partial charge in [-0.2, -0.15) is 0 Å². The van der Waals surface area contributed by atoms with E-state index in [0.29, 0.717) is 0 Å². The van der Waals surface area contributed by atoms with Gasteiger partial charge in [0.25, 0.3) is 0 Å². The molecule has 0 fully saturated rings. The Morgan fingerprint density at radius 1 is 1.41 bits per heavy atom. The van der Waals surface area contributed by atoms with E-state index in [1.165, 1.54) is 5.56 Å². The highest BCUT2D eigenvalue weighted by atomic mass is 16.2. The minimum Gasteiger partial charge on any atom is -0.311 e. The molecule has 3 nitrogen and oxygen atoms in total. The Morgan fingerprint density at radius 2 is 2.18 bits per heavy atom. The molecule has 1 N–H and O–H groups in total. The molecule has 0 aliphatic carbocycles. The first kappa shape index (κ1) is 12.1. The van der Waals surface area contributed by atoms with Gasteiger partial charge in [-0.3, -0.25) is 4.79 Å². The monoisotopic (exact) mass is 232 g/mol. The smallest absolute Gasteiger partial charge is 0.243 e. The molecule has 0 bridgehead atoms. The van der Waals surface area contributed by atoms with E-state index in [9.17, 15) is 4.79 Å². The molecule has 1 aliphatic rings. The molecule has 1 unspecified atom stereocenters. The number of carbonyl (C=O) groups is 1. The number of carbonyl (C=O) groups excluding carboxylic acids is 1. The maximum Gasteiger partial charge on any atom is 0.243 e. The molecule has 17 heavy (non-hydrogen) atoms. The largest absolute Gasteiger partial charge is 0.311 e. The Bertz CT molecular complexity index is 403. The summed E-state index contributed by atoms with van der Waals surface area (Å²) in [7, 11) is 0. The molecule has 2 rings (SSSR count). The summed E-state index contributed by atoms with van der Waals surface area (Å²) in [4.78, 5) is 14.2. The van der Waals surface area contributed by atoms with E-state index in [2.05, 4.69) is 18.3 Å². The van der Waals surface area contributed by atoms with Crippen molar-refractivity contribution < 1.29 is 4.79 Å². The molecule has 1 aliphatic heterocycles. The van der Waals surface area contributed by atoms with Crippen molar-refractivity contribution in [2.45, 2.75) is 39.3 Å². The number of hydrogen-bond donors (Lipinski definition) is 1. The first-order valence-electron chi connectivity index (χ1n) is 6.36.